The van der Waals surface area contributed by atoms with Gasteiger partial charge in [-0.25, -0.2) is 0 Å². The minimum Gasteiger partial charge on any atom is -0.506 e. The minimum absolute atomic E-state index is 0.00365. The lowest BCUT2D eigenvalue weighted by molar-refractivity contribution is 0.0953. The average Bonchev–Trinajstić information content (AvgIpc) is 2.40. The molecule has 3 nitrogen and oxygen atoms in total. The van der Waals surface area contributed by atoms with Crippen LogP contribution in [-0.4, -0.2) is 28.6 Å². The van der Waals surface area contributed by atoms with Gasteiger partial charge in [-0.3, -0.25) is 4.79 Å². The summed E-state index contributed by atoms with van der Waals surface area (Å²) in [5, 5.41) is 12.9. The van der Waals surface area contributed by atoms with E-state index >= 15 is 0 Å². The standard InChI is InChI=1S/C13H16ClNO2S/c14-11-7-9(4-5-12(11)16)13(17)15-8-10-3-1-2-6-18-10/h4-5,7,10,16H,1-3,6,8H2,(H,15,17). The summed E-state index contributed by atoms with van der Waals surface area (Å²) in [6.07, 6.45) is 3.70. The van der Waals surface area contributed by atoms with Crippen LogP contribution in [0.25, 0.3) is 0 Å². The molecular formula is C13H16ClNO2S. The Bertz CT molecular complexity index is 433. The smallest absolute Gasteiger partial charge is 0.251 e. The van der Waals surface area contributed by atoms with E-state index in [9.17, 15) is 9.90 Å². The van der Waals surface area contributed by atoms with Gasteiger partial charge in [0, 0.05) is 17.4 Å². The lowest BCUT2D eigenvalue weighted by Gasteiger charge is -2.21. The van der Waals surface area contributed by atoms with Crippen LogP contribution in [0.4, 0.5) is 0 Å². The fraction of sp³-hybridized carbons (Fsp3) is 0.462. The monoisotopic (exact) mass is 285 g/mol. The normalized spacial score (nSPS) is 19.5. The summed E-state index contributed by atoms with van der Waals surface area (Å²) in [6, 6.07) is 4.50. The minimum atomic E-state index is -0.136. The third-order valence-corrected chi connectivity index (χ3v) is 4.68. The van der Waals surface area contributed by atoms with Gasteiger partial charge in [-0.2, -0.15) is 11.8 Å². The largest absolute Gasteiger partial charge is 0.506 e. The maximum absolute atomic E-state index is 11.9. The number of hydrogen-bond donors (Lipinski definition) is 2. The second-order valence-corrected chi connectivity index (χ2v) is 6.18. The SMILES string of the molecule is O=C(NCC1CCCCS1)c1ccc(O)c(Cl)c1. The lowest BCUT2D eigenvalue weighted by atomic mass is 10.1. The highest BCUT2D eigenvalue weighted by Crippen LogP contribution is 2.25. The van der Waals surface area contributed by atoms with Crippen LogP contribution in [0.3, 0.4) is 0 Å². The first kappa shape index (κ1) is 13.6. The van der Waals surface area contributed by atoms with Crippen molar-refractivity contribution in [1.82, 2.24) is 5.32 Å². The number of halogens is 1. The van der Waals surface area contributed by atoms with E-state index in [1.165, 1.54) is 37.1 Å². The summed E-state index contributed by atoms with van der Waals surface area (Å²) in [6.45, 7) is 0.696. The molecule has 1 aromatic rings. The topological polar surface area (TPSA) is 49.3 Å². The number of phenols is 1. The van der Waals surface area contributed by atoms with Crippen LogP contribution in [0.15, 0.2) is 18.2 Å². The lowest BCUT2D eigenvalue weighted by Crippen LogP contribution is -2.31. The first-order valence-corrected chi connectivity index (χ1v) is 7.48. The molecule has 1 amide bonds. The van der Waals surface area contributed by atoms with Gasteiger partial charge in [0.1, 0.15) is 5.75 Å². The van der Waals surface area contributed by atoms with E-state index < -0.39 is 0 Å². The maximum Gasteiger partial charge on any atom is 0.251 e. The van der Waals surface area contributed by atoms with E-state index in [0.717, 1.165) is 0 Å². The Hall–Kier alpha value is -0.870. The zero-order chi connectivity index (χ0) is 13.0. The van der Waals surface area contributed by atoms with Crippen molar-refractivity contribution < 1.29 is 9.90 Å². The van der Waals surface area contributed by atoms with Gasteiger partial charge >= 0.3 is 0 Å². The Balaban J connectivity index is 1.88. The van der Waals surface area contributed by atoms with Gasteiger partial charge in [0.25, 0.3) is 5.91 Å². The van der Waals surface area contributed by atoms with Crippen molar-refractivity contribution in [3.8, 4) is 5.75 Å². The summed E-state index contributed by atoms with van der Waals surface area (Å²) in [4.78, 5) is 11.9. The first-order chi connectivity index (χ1) is 8.66. The molecule has 1 aromatic carbocycles. The molecule has 1 aliphatic rings. The molecular weight excluding hydrogens is 270 g/mol. The van der Waals surface area contributed by atoms with Crippen LogP contribution in [0.5, 0.6) is 5.75 Å². The average molecular weight is 286 g/mol. The van der Waals surface area contributed by atoms with Gasteiger partial charge in [0.15, 0.2) is 0 Å². The van der Waals surface area contributed by atoms with Crippen molar-refractivity contribution in [2.45, 2.75) is 24.5 Å². The summed E-state index contributed by atoms with van der Waals surface area (Å²) in [5.41, 5.74) is 0.485. The molecule has 0 saturated carbocycles. The van der Waals surface area contributed by atoms with E-state index in [0.29, 0.717) is 17.4 Å². The number of rotatable bonds is 3. The molecule has 1 aliphatic heterocycles. The van der Waals surface area contributed by atoms with E-state index in [1.807, 2.05) is 11.8 Å². The molecule has 18 heavy (non-hydrogen) atoms. The first-order valence-electron chi connectivity index (χ1n) is 6.05. The van der Waals surface area contributed by atoms with E-state index in [1.54, 1.807) is 6.07 Å². The number of hydrogen-bond acceptors (Lipinski definition) is 3. The second kappa shape index (κ2) is 6.34. The third-order valence-electron chi connectivity index (χ3n) is 2.97. The van der Waals surface area contributed by atoms with Crippen molar-refractivity contribution >= 4 is 29.3 Å². The van der Waals surface area contributed by atoms with Gasteiger partial charge < -0.3 is 10.4 Å². The van der Waals surface area contributed by atoms with Crippen LogP contribution in [-0.2, 0) is 0 Å². The fourth-order valence-electron chi connectivity index (χ4n) is 1.93. The molecule has 1 atom stereocenters. The molecule has 1 fully saturated rings. The summed E-state index contributed by atoms with van der Waals surface area (Å²) < 4.78 is 0. The Labute approximate surface area is 116 Å². The molecule has 0 spiro atoms. The molecule has 0 bridgehead atoms. The number of benzene rings is 1. The van der Waals surface area contributed by atoms with Crippen LogP contribution < -0.4 is 5.32 Å². The van der Waals surface area contributed by atoms with Crippen molar-refractivity contribution in [2.75, 3.05) is 12.3 Å². The number of amides is 1. The molecule has 0 aromatic heterocycles. The van der Waals surface area contributed by atoms with Gasteiger partial charge in [0.2, 0.25) is 0 Å². The Morgan fingerprint density at radius 2 is 2.33 bits per heavy atom. The van der Waals surface area contributed by atoms with Gasteiger partial charge in [-0.1, -0.05) is 18.0 Å². The summed E-state index contributed by atoms with van der Waals surface area (Å²) >= 11 is 7.70. The molecule has 98 valence electrons. The second-order valence-electron chi connectivity index (χ2n) is 4.36. The third kappa shape index (κ3) is 3.56. The number of carbonyl (C=O) groups is 1. The number of phenolic OH excluding ortho intramolecular Hbond substituents is 1. The molecule has 1 heterocycles. The van der Waals surface area contributed by atoms with Crippen molar-refractivity contribution in [1.29, 1.82) is 0 Å². The maximum atomic E-state index is 11.9. The predicted molar refractivity (Wildman–Crippen MR) is 75.5 cm³/mol. The Morgan fingerprint density at radius 3 is 3.00 bits per heavy atom. The van der Waals surface area contributed by atoms with Gasteiger partial charge in [-0.05, 0) is 36.8 Å². The van der Waals surface area contributed by atoms with E-state index in [2.05, 4.69) is 5.32 Å². The Kier molecular flexibility index (Phi) is 4.78. The number of carbonyl (C=O) groups excluding carboxylic acids is 1. The van der Waals surface area contributed by atoms with Crippen LogP contribution in [0.2, 0.25) is 5.02 Å². The molecule has 2 rings (SSSR count). The quantitative estimate of drug-likeness (QED) is 0.897. The molecule has 5 heteroatoms. The molecule has 1 unspecified atom stereocenters. The van der Waals surface area contributed by atoms with Crippen molar-refractivity contribution in [3.63, 3.8) is 0 Å². The van der Waals surface area contributed by atoms with Crippen molar-refractivity contribution in [2.24, 2.45) is 0 Å². The van der Waals surface area contributed by atoms with E-state index in [-0.39, 0.29) is 16.7 Å². The molecule has 0 aliphatic carbocycles. The number of aromatic hydroxyl groups is 1. The zero-order valence-corrected chi connectivity index (χ0v) is 11.6. The predicted octanol–water partition coefficient (Wildman–Crippen LogP) is 3.06. The van der Waals surface area contributed by atoms with E-state index in [4.69, 9.17) is 11.6 Å². The zero-order valence-electron chi connectivity index (χ0n) is 9.99. The number of nitrogens with one attached hydrogen (secondary N) is 1. The van der Waals surface area contributed by atoms with Gasteiger partial charge in [0.05, 0.1) is 5.02 Å². The highest BCUT2D eigenvalue weighted by atomic mass is 35.5. The van der Waals surface area contributed by atoms with Crippen LogP contribution in [0.1, 0.15) is 29.6 Å². The van der Waals surface area contributed by atoms with Gasteiger partial charge in [-0.15, -0.1) is 0 Å². The highest BCUT2D eigenvalue weighted by Gasteiger charge is 2.15. The summed E-state index contributed by atoms with van der Waals surface area (Å²) in [5.74, 6) is 1.05. The van der Waals surface area contributed by atoms with Crippen LogP contribution in [0, 0.1) is 0 Å². The Morgan fingerprint density at radius 1 is 1.50 bits per heavy atom. The van der Waals surface area contributed by atoms with Crippen LogP contribution >= 0.6 is 23.4 Å². The number of thioether (sulfide) groups is 1. The van der Waals surface area contributed by atoms with Crippen molar-refractivity contribution in [3.05, 3.63) is 28.8 Å². The highest BCUT2D eigenvalue weighted by molar-refractivity contribution is 7.99. The molecule has 0 radical (unpaired) electrons. The fourth-order valence-corrected chi connectivity index (χ4v) is 3.34. The summed E-state index contributed by atoms with van der Waals surface area (Å²) in [7, 11) is 0. The molecule has 1 saturated heterocycles. The molecule has 2 N–H and O–H groups in total.